The normalized spacial score (nSPS) is 13.5. The van der Waals surface area contributed by atoms with E-state index in [0.29, 0.717) is 11.6 Å². The molecule has 0 fully saturated rings. The SMILES string of the molecule is Cc1nc(-c2ccncc2)nc(NCC(C)(O)C(=O)O)c1C. The number of carbonyl (C=O) groups is 1. The van der Waals surface area contributed by atoms with E-state index in [2.05, 4.69) is 20.3 Å². The number of aliphatic hydroxyl groups is 1. The van der Waals surface area contributed by atoms with Crippen LogP contribution in [0.15, 0.2) is 24.5 Å². The monoisotopic (exact) mass is 302 g/mol. The van der Waals surface area contributed by atoms with Gasteiger partial charge in [0, 0.05) is 29.2 Å². The van der Waals surface area contributed by atoms with Crippen molar-refractivity contribution >= 4 is 11.8 Å². The number of nitrogens with one attached hydrogen (secondary N) is 1. The van der Waals surface area contributed by atoms with Gasteiger partial charge in [-0.2, -0.15) is 0 Å². The summed E-state index contributed by atoms with van der Waals surface area (Å²) < 4.78 is 0. The highest BCUT2D eigenvalue weighted by atomic mass is 16.4. The molecule has 7 heteroatoms. The van der Waals surface area contributed by atoms with Gasteiger partial charge in [0.25, 0.3) is 0 Å². The minimum atomic E-state index is -1.87. The number of carboxylic acid groups (broad SMARTS) is 1. The lowest BCUT2D eigenvalue weighted by Gasteiger charge is -2.20. The summed E-state index contributed by atoms with van der Waals surface area (Å²) in [6.07, 6.45) is 3.30. The highest BCUT2D eigenvalue weighted by Gasteiger charge is 2.30. The van der Waals surface area contributed by atoms with E-state index in [1.165, 1.54) is 6.92 Å². The van der Waals surface area contributed by atoms with Crippen LogP contribution in [-0.4, -0.2) is 43.3 Å². The molecule has 0 saturated heterocycles. The van der Waals surface area contributed by atoms with Crippen molar-refractivity contribution < 1.29 is 15.0 Å². The Bertz CT molecular complexity index is 687. The van der Waals surface area contributed by atoms with Gasteiger partial charge in [0.15, 0.2) is 11.4 Å². The van der Waals surface area contributed by atoms with E-state index in [1.54, 1.807) is 24.5 Å². The first kappa shape index (κ1) is 15.8. The zero-order chi connectivity index (χ0) is 16.3. The minimum Gasteiger partial charge on any atom is -0.479 e. The number of aromatic nitrogens is 3. The lowest BCUT2D eigenvalue weighted by molar-refractivity contribution is -0.155. The molecule has 0 spiro atoms. The average molecular weight is 302 g/mol. The lowest BCUT2D eigenvalue weighted by Crippen LogP contribution is -2.42. The van der Waals surface area contributed by atoms with Crippen molar-refractivity contribution in [3.8, 4) is 11.4 Å². The van der Waals surface area contributed by atoms with Gasteiger partial charge in [0.1, 0.15) is 5.82 Å². The van der Waals surface area contributed by atoms with Crippen molar-refractivity contribution in [2.75, 3.05) is 11.9 Å². The number of hydrogen-bond acceptors (Lipinski definition) is 6. The number of rotatable bonds is 5. The molecule has 0 aliphatic rings. The fourth-order valence-corrected chi connectivity index (χ4v) is 1.76. The van der Waals surface area contributed by atoms with Crippen molar-refractivity contribution in [3.05, 3.63) is 35.8 Å². The fourth-order valence-electron chi connectivity index (χ4n) is 1.76. The molecular weight excluding hydrogens is 284 g/mol. The fraction of sp³-hybridized carbons (Fsp3) is 0.333. The Kier molecular flexibility index (Phi) is 4.37. The van der Waals surface area contributed by atoms with Crippen molar-refractivity contribution in [1.29, 1.82) is 0 Å². The van der Waals surface area contributed by atoms with Crippen LogP contribution < -0.4 is 5.32 Å². The summed E-state index contributed by atoms with van der Waals surface area (Å²) in [5, 5.41) is 21.6. The first-order valence-electron chi connectivity index (χ1n) is 6.76. The molecule has 0 saturated carbocycles. The second kappa shape index (κ2) is 6.07. The zero-order valence-corrected chi connectivity index (χ0v) is 12.7. The molecular formula is C15H18N4O3. The standard InChI is InChI=1S/C15H18N4O3/c1-9-10(2)18-13(11-4-6-16-7-5-11)19-12(9)17-8-15(3,22)14(20)21/h4-7,22H,8H2,1-3H3,(H,20,21)(H,17,18,19). The maximum absolute atomic E-state index is 11.0. The Morgan fingerprint density at radius 2 is 1.91 bits per heavy atom. The summed E-state index contributed by atoms with van der Waals surface area (Å²) in [6.45, 7) is 4.76. The topological polar surface area (TPSA) is 108 Å². The van der Waals surface area contributed by atoms with Crippen LogP contribution in [0.25, 0.3) is 11.4 Å². The Morgan fingerprint density at radius 1 is 1.27 bits per heavy atom. The van der Waals surface area contributed by atoms with Crippen molar-refractivity contribution in [2.24, 2.45) is 0 Å². The number of hydrogen-bond donors (Lipinski definition) is 3. The summed E-state index contributed by atoms with van der Waals surface area (Å²) in [5.74, 6) is -0.276. The lowest BCUT2D eigenvalue weighted by atomic mass is 10.1. The largest absolute Gasteiger partial charge is 0.479 e. The van der Waals surface area contributed by atoms with E-state index >= 15 is 0 Å². The number of pyridine rings is 1. The molecule has 116 valence electrons. The molecule has 0 amide bonds. The predicted molar refractivity (Wildman–Crippen MR) is 81.5 cm³/mol. The van der Waals surface area contributed by atoms with Gasteiger partial charge in [0.05, 0.1) is 6.54 Å². The molecule has 2 aromatic heterocycles. The van der Waals surface area contributed by atoms with Gasteiger partial charge in [-0.15, -0.1) is 0 Å². The molecule has 1 atom stereocenters. The van der Waals surface area contributed by atoms with Crippen LogP contribution in [0, 0.1) is 13.8 Å². The molecule has 0 aliphatic carbocycles. The summed E-state index contributed by atoms with van der Waals surface area (Å²) in [6, 6.07) is 3.59. The number of aryl methyl sites for hydroxylation is 1. The van der Waals surface area contributed by atoms with E-state index < -0.39 is 11.6 Å². The van der Waals surface area contributed by atoms with Gasteiger partial charge in [-0.25, -0.2) is 14.8 Å². The van der Waals surface area contributed by atoms with Crippen LogP contribution in [0.1, 0.15) is 18.2 Å². The molecule has 2 heterocycles. The van der Waals surface area contributed by atoms with Gasteiger partial charge in [-0.3, -0.25) is 4.98 Å². The first-order chi connectivity index (χ1) is 10.3. The average Bonchev–Trinajstić information content (AvgIpc) is 2.49. The Labute approximate surface area is 128 Å². The second-order valence-electron chi connectivity index (χ2n) is 5.27. The molecule has 2 rings (SSSR count). The summed E-state index contributed by atoms with van der Waals surface area (Å²) in [7, 11) is 0. The van der Waals surface area contributed by atoms with Crippen LogP contribution in [-0.2, 0) is 4.79 Å². The number of anilines is 1. The second-order valence-corrected chi connectivity index (χ2v) is 5.27. The van der Waals surface area contributed by atoms with Crippen LogP contribution in [0.2, 0.25) is 0 Å². The third kappa shape index (κ3) is 3.37. The van der Waals surface area contributed by atoms with Crippen LogP contribution in [0.4, 0.5) is 5.82 Å². The zero-order valence-electron chi connectivity index (χ0n) is 12.7. The summed E-state index contributed by atoms with van der Waals surface area (Å²) in [4.78, 5) is 23.7. The highest BCUT2D eigenvalue weighted by molar-refractivity contribution is 5.77. The predicted octanol–water partition coefficient (Wildman–Crippen LogP) is 1.40. The third-order valence-electron chi connectivity index (χ3n) is 3.39. The molecule has 3 N–H and O–H groups in total. The smallest absolute Gasteiger partial charge is 0.337 e. The number of nitrogens with zero attached hydrogens (tertiary/aromatic N) is 3. The minimum absolute atomic E-state index is 0.157. The van der Waals surface area contributed by atoms with Gasteiger partial charge in [0.2, 0.25) is 0 Å². The molecule has 7 nitrogen and oxygen atoms in total. The van der Waals surface area contributed by atoms with E-state index in [1.807, 2.05) is 13.8 Å². The maximum Gasteiger partial charge on any atom is 0.337 e. The van der Waals surface area contributed by atoms with E-state index in [4.69, 9.17) is 5.11 Å². The van der Waals surface area contributed by atoms with E-state index in [9.17, 15) is 9.90 Å². The molecule has 0 aliphatic heterocycles. The molecule has 0 radical (unpaired) electrons. The van der Waals surface area contributed by atoms with Crippen molar-refractivity contribution in [3.63, 3.8) is 0 Å². The maximum atomic E-state index is 11.0. The van der Waals surface area contributed by atoms with Crippen molar-refractivity contribution in [2.45, 2.75) is 26.4 Å². The molecule has 22 heavy (non-hydrogen) atoms. The Morgan fingerprint density at radius 3 is 2.50 bits per heavy atom. The molecule has 1 unspecified atom stereocenters. The molecule has 0 aromatic carbocycles. The van der Waals surface area contributed by atoms with E-state index in [-0.39, 0.29) is 6.54 Å². The Hall–Kier alpha value is -2.54. The Balaban J connectivity index is 2.32. The number of carboxylic acids is 1. The third-order valence-corrected chi connectivity index (χ3v) is 3.39. The first-order valence-corrected chi connectivity index (χ1v) is 6.76. The van der Waals surface area contributed by atoms with E-state index in [0.717, 1.165) is 16.8 Å². The number of aliphatic carboxylic acids is 1. The van der Waals surface area contributed by atoms with Gasteiger partial charge >= 0.3 is 5.97 Å². The van der Waals surface area contributed by atoms with Crippen LogP contribution in [0.3, 0.4) is 0 Å². The van der Waals surface area contributed by atoms with Crippen molar-refractivity contribution in [1.82, 2.24) is 15.0 Å². The highest BCUT2D eigenvalue weighted by Crippen LogP contribution is 2.21. The van der Waals surface area contributed by atoms with Crippen LogP contribution >= 0.6 is 0 Å². The summed E-state index contributed by atoms with van der Waals surface area (Å²) in [5.41, 5.74) is 0.520. The van der Waals surface area contributed by atoms with Gasteiger partial charge in [-0.05, 0) is 32.9 Å². The quantitative estimate of drug-likeness (QED) is 0.766. The summed E-state index contributed by atoms with van der Waals surface area (Å²) >= 11 is 0. The molecule has 2 aromatic rings. The van der Waals surface area contributed by atoms with Crippen LogP contribution in [0.5, 0.6) is 0 Å². The molecule has 0 bridgehead atoms. The van der Waals surface area contributed by atoms with Gasteiger partial charge in [-0.1, -0.05) is 0 Å². The van der Waals surface area contributed by atoms with Gasteiger partial charge < -0.3 is 15.5 Å².